The molecule has 0 saturated heterocycles. The van der Waals surface area contributed by atoms with Gasteiger partial charge in [0.05, 0.1) is 18.5 Å². The Hall–Kier alpha value is -3.27. The molecule has 4 heteroatoms. The molecule has 0 bridgehead atoms. The molecule has 0 aliphatic rings. The third-order valence-electron chi connectivity index (χ3n) is 3.52. The SMILES string of the molecule is COc1cc(/C=C/c2cc(/C=C/c3ccccc3)[nH]n2)ccc1O. The first-order chi connectivity index (χ1) is 11.7. The number of aromatic hydroxyl groups is 1. The standard InChI is InChI=1S/C20H18N2O2/c1-24-20-13-16(9-12-19(20)23)8-11-18-14-17(21-22-18)10-7-15-5-3-2-4-6-15/h2-14,23H,1H3,(H,21,22)/b10-7+,11-8+. The van der Waals surface area contributed by atoms with Crippen molar-refractivity contribution in [2.75, 3.05) is 7.11 Å². The zero-order chi connectivity index (χ0) is 16.8. The van der Waals surface area contributed by atoms with Crippen LogP contribution in [0.1, 0.15) is 22.5 Å². The van der Waals surface area contributed by atoms with Crippen LogP contribution in [0.2, 0.25) is 0 Å². The maximum absolute atomic E-state index is 9.60. The van der Waals surface area contributed by atoms with Crippen molar-refractivity contribution in [3.8, 4) is 11.5 Å². The summed E-state index contributed by atoms with van der Waals surface area (Å²) in [7, 11) is 1.53. The van der Waals surface area contributed by atoms with Gasteiger partial charge in [0.1, 0.15) is 0 Å². The lowest BCUT2D eigenvalue weighted by Crippen LogP contribution is -1.84. The molecule has 1 aromatic heterocycles. The summed E-state index contributed by atoms with van der Waals surface area (Å²) in [6.45, 7) is 0. The van der Waals surface area contributed by atoms with Gasteiger partial charge in [-0.25, -0.2) is 0 Å². The van der Waals surface area contributed by atoms with Crippen molar-refractivity contribution in [3.05, 3.63) is 77.1 Å². The van der Waals surface area contributed by atoms with Gasteiger partial charge in [-0.05, 0) is 41.5 Å². The summed E-state index contributed by atoms with van der Waals surface area (Å²) in [6, 6.07) is 17.3. The fourth-order valence-corrected chi connectivity index (χ4v) is 2.25. The van der Waals surface area contributed by atoms with Gasteiger partial charge < -0.3 is 9.84 Å². The molecule has 0 atom stereocenters. The summed E-state index contributed by atoms with van der Waals surface area (Å²) in [5, 5.41) is 16.9. The van der Waals surface area contributed by atoms with Crippen molar-refractivity contribution in [2.24, 2.45) is 0 Å². The van der Waals surface area contributed by atoms with Crippen molar-refractivity contribution in [2.45, 2.75) is 0 Å². The van der Waals surface area contributed by atoms with Gasteiger partial charge in [-0.1, -0.05) is 48.6 Å². The number of phenols is 1. The quantitative estimate of drug-likeness (QED) is 0.730. The van der Waals surface area contributed by atoms with Crippen molar-refractivity contribution in [1.82, 2.24) is 10.2 Å². The second-order valence-electron chi connectivity index (χ2n) is 5.26. The molecular weight excluding hydrogens is 300 g/mol. The van der Waals surface area contributed by atoms with Crippen LogP contribution in [0.3, 0.4) is 0 Å². The van der Waals surface area contributed by atoms with Gasteiger partial charge >= 0.3 is 0 Å². The zero-order valence-corrected chi connectivity index (χ0v) is 13.3. The fourth-order valence-electron chi connectivity index (χ4n) is 2.25. The molecule has 2 N–H and O–H groups in total. The molecule has 0 amide bonds. The zero-order valence-electron chi connectivity index (χ0n) is 13.3. The Bertz CT molecular complexity index is 864. The van der Waals surface area contributed by atoms with Crippen LogP contribution in [0.25, 0.3) is 24.3 Å². The Kier molecular flexibility index (Phi) is 4.77. The first-order valence-corrected chi connectivity index (χ1v) is 7.58. The van der Waals surface area contributed by atoms with Crippen LogP contribution in [0, 0.1) is 0 Å². The van der Waals surface area contributed by atoms with E-state index >= 15 is 0 Å². The van der Waals surface area contributed by atoms with Crippen LogP contribution in [0.15, 0.2) is 54.6 Å². The number of H-pyrrole nitrogens is 1. The van der Waals surface area contributed by atoms with E-state index < -0.39 is 0 Å². The first kappa shape index (κ1) is 15.6. The Morgan fingerprint density at radius 1 is 0.917 bits per heavy atom. The molecular formula is C20H18N2O2. The van der Waals surface area contributed by atoms with Gasteiger partial charge in [-0.15, -0.1) is 0 Å². The lowest BCUT2D eigenvalue weighted by atomic mass is 10.1. The molecule has 0 fully saturated rings. The predicted molar refractivity (Wildman–Crippen MR) is 97.5 cm³/mol. The highest BCUT2D eigenvalue weighted by molar-refractivity contribution is 5.72. The van der Waals surface area contributed by atoms with Crippen LogP contribution in [0.4, 0.5) is 0 Å². The minimum atomic E-state index is 0.128. The number of aromatic amines is 1. The number of hydrogen-bond acceptors (Lipinski definition) is 3. The second-order valence-corrected chi connectivity index (χ2v) is 5.26. The Morgan fingerprint density at radius 3 is 2.50 bits per heavy atom. The molecule has 2 aromatic carbocycles. The first-order valence-electron chi connectivity index (χ1n) is 7.58. The van der Waals surface area contributed by atoms with E-state index in [-0.39, 0.29) is 5.75 Å². The van der Waals surface area contributed by atoms with Crippen LogP contribution in [-0.2, 0) is 0 Å². The molecule has 0 aliphatic carbocycles. The molecule has 0 spiro atoms. The Balaban J connectivity index is 1.71. The van der Waals surface area contributed by atoms with Crippen LogP contribution in [0.5, 0.6) is 11.5 Å². The average Bonchev–Trinajstić information content (AvgIpc) is 3.08. The number of nitrogens with zero attached hydrogens (tertiary/aromatic N) is 1. The van der Waals surface area contributed by atoms with E-state index in [0.717, 1.165) is 22.5 Å². The third-order valence-corrected chi connectivity index (χ3v) is 3.52. The maximum atomic E-state index is 9.60. The Morgan fingerprint density at radius 2 is 1.71 bits per heavy atom. The Labute approximate surface area is 140 Å². The number of ether oxygens (including phenoxy) is 1. The fraction of sp³-hybridized carbons (Fsp3) is 0.0500. The van der Waals surface area contributed by atoms with E-state index in [9.17, 15) is 5.11 Å². The topological polar surface area (TPSA) is 58.1 Å². The summed E-state index contributed by atoms with van der Waals surface area (Å²) in [5.74, 6) is 0.577. The largest absolute Gasteiger partial charge is 0.504 e. The van der Waals surface area contributed by atoms with Gasteiger partial charge in [0.2, 0.25) is 0 Å². The predicted octanol–water partition coefficient (Wildman–Crippen LogP) is 4.46. The molecule has 0 saturated carbocycles. The van der Waals surface area contributed by atoms with Gasteiger partial charge in [-0.2, -0.15) is 5.10 Å². The van der Waals surface area contributed by atoms with E-state index in [0.29, 0.717) is 5.75 Å². The number of rotatable bonds is 5. The van der Waals surface area contributed by atoms with Crippen LogP contribution < -0.4 is 4.74 Å². The number of nitrogens with one attached hydrogen (secondary N) is 1. The van der Waals surface area contributed by atoms with E-state index in [1.54, 1.807) is 12.1 Å². The number of methoxy groups -OCH3 is 1. The van der Waals surface area contributed by atoms with Crippen molar-refractivity contribution >= 4 is 24.3 Å². The van der Waals surface area contributed by atoms with Gasteiger partial charge in [0.25, 0.3) is 0 Å². The van der Waals surface area contributed by atoms with E-state index in [1.807, 2.05) is 66.8 Å². The summed E-state index contributed by atoms with van der Waals surface area (Å²) < 4.78 is 5.10. The summed E-state index contributed by atoms with van der Waals surface area (Å²) in [6.07, 6.45) is 7.85. The minimum Gasteiger partial charge on any atom is -0.504 e. The highest BCUT2D eigenvalue weighted by Gasteiger charge is 2.01. The van der Waals surface area contributed by atoms with E-state index in [1.165, 1.54) is 7.11 Å². The van der Waals surface area contributed by atoms with E-state index in [2.05, 4.69) is 10.2 Å². The van der Waals surface area contributed by atoms with E-state index in [4.69, 9.17) is 4.74 Å². The second kappa shape index (κ2) is 7.33. The van der Waals surface area contributed by atoms with Crippen LogP contribution >= 0.6 is 0 Å². The van der Waals surface area contributed by atoms with Gasteiger partial charge in [0, 0.05) is 0 Å². The molecule has 24 heavy (non-hydrogen) atoms. The number of phenolic OH excluding ortho intramolecular Hbond substituents is 1. The van der Waals surface area contributed by atoms with Crippen molar-refractivity contribution in [1.29, 1.82) is 0 Å². The molecule has 120 valence electrons. The third kappa shape index (κ3) is 3.93. The lowest BCUT2D eigenvalue weighted by molar-refractivity contribution is 0.373. The molecule has 1 heterocycles. The molecule has 3 aromatic rings. The smallest absolute Gasteiger partial charge is 0.161 e. The number of hydrogen-bond donors (Lipinski definition) is 2. The lowest BCUT2D eigenvalue weighted by Gasteiger charge is -2.03. The normalized spacial score (nSPS) is 11.4. The van der Waals surface area contributed by atoms with Crippen LogP contribution in [-0.4, -0.2) is 22.4 Å². The monoisotopic (exact) mass is 318 g/mol. The summed E-state index contributed by atoms with van der Waals surface area (Å²) in [5.41, 5.74) is 3.82. The summed E-state index contributed by atoms with van der Waals surface area (Å²) >= 11 is 0. The molecule has 3 rings (SSSR count). The number of aromatic nitrogens is 2. The van der Waals surface area contributed by atoms with Crippen molar-refractivity contribution < 1.29 is 9.84 Å². The average molecular weight is 318 g/mol. The number of benzene rings is 2. The van der Waals surface area contributed by atoms with Gasteiger partial charge in [0.15, 0.2) is 11.5 Å². The van der Waals surface area contributed by atoms with Crippen molar-refractivity contribution in [3.63, 3.8) is 0 Å². The molecule has 0 aliphatic heterocycles. The minimum absolute atomic E-state index is 0.128. The molecule has 0 unspecified atom stereocenters. The summed E-state index contributed by atoms with van der Waals surface area (Å²) in [4.78, 5) is 0. The van der Waals surface area contributed by atoms with Gasteiger partial charge in [-0.3, -0.25) is 5.10 Å². The highest BCUT2D eigenvalue weighted by Crippen LogP contribution is 2.27. The maximum Gasteiger partial charge on any atom is 0.161 e. The molecule has 4 nitrogen and oxygen atoms in total. The molecule has 0 radical (unpaired) electrons. The highest BCUT2D eigenvalue weighted by atomic mass is 16.5.